The lowest BCUT2D eigenvalue weighted by atomic mass is 9.84. The molecule has 0 unspecified atom stereocenters. The molecule has 0 rings (SSSR count). The molecule has 0 saturated heterocycles. The van der Waals surface area contributed by atoms with Gasteiger partial charge in [-0.2, -0.15) is 0 Å². The van der Waals surface area contributed by atoms with Crippen molar-refractivity contribution in [1.29, 1.82) is 0 Å². The fourth-order valence-electron chi connectivity index (χ4n) is 2.47. The second-order valence-electron chi connectivity index (χ2n) is 6.83. The summed E-state index contributed by atoms with van der Waals surface area (Å²) in [5.41, 5.74) is 0. The third kappa shape index (κ3) is 9.31. The zero-order chi connectivity index (χ0) is 19.6. The zero-order valence-corrected chi connectivity index (χ0v) is 16.2. The number of esters is 1. The highest BCUT2D eigenvalue weighted by atomic mass is 16.7. The quantitative estimate of drug-likeness (QED) is 0.432. The Bertz CT molecular complexity index is 437. The molecule has 146 valence electrons. The Morgan fingerprint density at radius 1 is 1.04 bits per heavy atom. The predicted octanol–water partition coefficient (Wildman–Crippen LogP) is 3.56. The molecule has 0 bridgehead atoms. The van der Waals surface area contributed by atoms with Gasteiger partial charge in [0.2, 0.25) is 0 Å². The van der Waals surface area contributed by atoms with Crippen molar-refractivity contribution in [3.8, 4) is 0 Å². The molecule has 0 aromatic rings. The predicted molar refractivity (Wildman–Crippen MR) is 93.9 cm³/mol. The summed E-state index contributed by atoms with van der Waals surface area (Å²) in [7, 11) is 0. The molecule has 4 atom stereocenters. The van der Waals surface area contributed by atoms with Crippen LogP contribution in [0.2, 0.25) is 0 Å². The molecule has 0 fully saturated rings. The summed E-state index contributed by atoms with van der Waals surface area (Å²) in [4.78, 5) is 34.8. The van der Waals surface area contributed by atoms with Crippen LogP contribution in [0.15, 0.2) is 0 Å². The van der Waals surface area contributed by atoms with E-state index in [-0.39, 0.29) is 30.6 Å². The Morgan fingerprint density at radius 2 is 1.64 bits per heavy atom. The first kappa shape index (κ1) is 23.2. The van der Waals surface area contributed by atoms with Gasteiger partial charge in [-0.1, -0.05) is 54.4 Å². The Hall–Kier alpha value is -1.79. The first-order valence-corrected chi connectivity index (χ1v) is 9.00. The van der Waals surface area contributed by atoms with Gasteiger partial charge in [-0.3, -0.25) is 9.59 Å². The summed E-state index contributed by atoms with van der Waals surface area (Å²) in [5.74, 6) is -1.43. The van der Waals surface area contributed by atoms with Gasteiger partial charge in [0.1, 0.15) is 0 Å². The van der Waals surface area contributed by atoms with Gasteiger partial charge in [0.05, 0.1) is 6.42 Å². The van der Waals surface area contributed by atoms with Crippen molar-refractivity contribution < 1.29 is 29.0 Å². The van der Waals surface area contributed by atoms with Crippen LogP contribution in [-0.2, 0) is 19.1 Å². The minimum absolute atomic E-state index is 0.0284. The molecule has 0 aromatic heterocycles. The summed E-state index contributed by atoms with van der Waals surface area (Å²) in [5, 5.41) is 11.7. The van der Waals surface area contributed by atoms with E-state index in [1.165, 1.54) is 0 Å². The Balaban J connectivity index is 4.93. The van der Waals surface area contributed by atoms with E-state index in [1.807, 2.05) is 13.8 Å². The first-order valence-electron chi connectivity index (χ1n) is 9.00. The second kappa shape index (κ2) is 11.7. The lowest BCUT2D eigenvalue weighted by molar-refractivity contribution is -0.174. The number of alkyl carbamates (subject to hydrolysis) is 1. The minimum atomic E-state index is -0.999. The van der Waals surface area contributed by atoms with Crippen molar-refractivity contribution in [2.24, 2.45) is 17.8 Å². The smallest absolute Gasteiger partial charge is 0.410 e. The van der Waals surface area contributed by atoms with E-state index in [4.69, 9.17) is 14.6 Å². The monoisotopic (exact) mass is 359 g/mol. The van der Waals surface area contributed by atoms with Crippen LogP contribution in [0.5, 0.6) is 0 Å². The third-order valence-electron chi connectivity index (χ3n) is 4.28. The number of carboxylic acid groups (broad SMARTS) is 1. The van der Waals surface area contributed by atoms with Crippen molar-refractivity contribution in [2.75, 3.05) is 0 Å². The molecular formula is C18H33NO6. The number of hydrogen-bond acceptors (Lipinski definition) is 5. The van der Waals surface area contributed by atoms with Crippen molar-refractivity contribution in [3.05, 3.63) is 0 Å². The molecule has 0 heterocycles. The zero-order valence-electron chi connectivity index (χ0n) is 16.2. The summed E-state index contributed by atoms with van der Waals surface area (Å²) in [6, 6.07) is -0.554. The maximum absolute atomic E-state index is 12.2. The number of rotatable bonds is 11. The summed E-state index contributed by atoms with van der Waals surface area (Å²) < 4.78 is 10.3. The van der Waals surface area contributed by atoms with Crippen molar-refractivity contribution in [3.63, 3.8) is 0 Å². The average molecular weight is 359 g/mol. The molecule has 25 heavy (non-hydrogen) atoms. The van der Waals surface area contributed by atoms with E-state index >= 15 is 0 Å². The number of hydrogen-bond donors (Lipinski definition) is 2. The molecule has 0 aliphatic carbocycles. The largest absolute Gasteiger partial charge is 0.481 e. The summed E-state index contributed by atoms with van der Waals surface area (Å²) >= 11 is 0. The third-order valence-corrected chi connectivity index (χ3v) is 4.28. The highest BCUT2D eigenvalue weighted by Crippen LogP contribution is 2.22. The fourth-order valence-corrected chi connectivity index (χ4v) is 2.47. The van der Waals surface area contributed by atoms with Crippen molar-refractivity contribution in [1.82, 2.24) is 5.32 Å². The van der Waals surface area contributed by atoms with Gasteiger partial charge in [0, 0.05) is 18.4 Å². The van der Waals surface area contributed by atoms with Gasteiger partial charge < -0.3 is 19.9 Å². The highest BCUT2D eigenvalue weighted by Gasteiger charge is 2.29. The van der Waals surface area contributed by atoms with E-state index in [1.54, 1.807) is 20.8 Å². The normalized spacial score (nSPS) is 15.8. The van der Waals surface area contributed by atoms with Gasteiger partial charge in [-0.15, -0.1) is 0 Å². The number of aliphatic carboxylic acids is 1. The number of carbonyl (C=O) groups excluding carboxylic acids is 2. The SMILES string of the molecule is CCC[C@@H](C)[C@@H](C)[C@H](CC(=O)O)NC(=O)O[C@H](OC(=O)CC)C(C)C. The van der Waals surface area contributed by atoms with Gasteiger partial charge in [0.25, 0.3) is 6.29 Å². The number of carbonyl (C=O) groups is 3. The van der Waals surface area contributed by atoms with E-state index in [0.29, 0.717) is 0 Å². The van der Waals surface area contributed by atoms with Crippen molar-refractivity contribution >= 4 is 18.0 Å². The Labute approximate surface area is 150 Å². The van der Waals surface area contributed by atoms with Crippen LogP contribution in [0, 0.1) is 17.8 Å². The van der Waals surface area contributed by atoms with Crippen molar-refractivity contribution in [2.45, 2.75) is 79.6 Å². The average Bonchev–Trinajstić information content (AvgIpc) is 2.52. The first-order chi connectivity index (χ1) is 11.6. The molecule has 0 spiro atoms. The summed E-state index contributed by atoms with van der Waals surface area (Å²) in [6.07, 6.45) is 0.146. The molecule has 1 amide bonds. The van der Waals surface area contributed by atoms with E-state index in [2.05, 4.69) is 12.2 Å². The second-order valence-corrected chi connectivity index (χ2v) is 6.83. The van der Waals surface area contributed by atoms with Crippen LogP contribution >= 0.6 is 0 Å². The lowest BCUT2D eigenvalue weighted by Crippen LogP contribution is -2.45. The molecule has 7 nitrogen and oxygen atoms in total. The van der Waals surface area contributed by atoms with Gasteiger partial charge in [-0.05, 0) is 11.8 Å². The fraction of sp³-hybridized carbons (Fsp3) is 0.833. The minimum Gasteiger partial charge on any atom is -0.481 e. The summed E-state index contributed by atoms with van der Waals surface area (Å²) in [6.45, 7) is 11.2. The molecular weight excluding hydrogens is 326 g/mol. The van der Waals surface area contributed by atoms with Crippen LogP contribution in [0.1, 0.15) is 67.2 Å². The molecule has 0 aliphatic heterocycles. The number of amides is 1. The molecule has 2 N–H and O–H groups in total. The molecule has 0 radical (unpaired) electrons. The van der Waals surface area contributed by atoms with Gasteiger partial charge in [0.15, 0.2) is 0 Å². The lowest BCUT2D eigenvalue weighted by Gasteiger charge is -2.29. The van der Waals surface area contributed by atoms with Gasteiger partial charge >= 0.3 is 18.0 Å². The van der Waals surface area contributed by atoms with Crippen LogP contribution in [-0.4, -0.2) is 35.5 Å². The van der Waals surface area contributed by atoms with E-state index in [9.17, 15) is 14.4 Å². The van der Waals surface area contributed by atoms with Crippen LogP contribution in [0.4, 0.5) is 4.79 Å². The highest BCUT2D eigenvalue weighted by molar-refractivity contribution is 5.72. The molecule has 0 saturated carbocycles. The maximum atomic E-state index is 12.2. The van der Waals surface area contributed by atoms with E-state index < -0.39 is 30.4 Å². The topological polar surface area (TPSA) is 102 Å². The Kier molecular flexibility index (Phi) is 10.9. The van der Waals surface area contributed by atoms with Crippen LogP contribution < -0.4 is 5.32 Å². The van der Waals surface area contributed by atoms with Crippen LogP contribution in [0.25, 0.3) is 0 Å². The Morgan fingerprint density at radius 3 is 2.08 bits per heavy atom. The molecule has 0 aliphatic rings. The van der Waals surface area contributed by atoms with Crippen LogP contribution in [0.3, 0.4) is 0 Å². The standard InChI is InChI=1S/C18H33NO6/c1-7-9-12(5)13(6)14(10-15(20)21)19-18(23)25-17(11(3)4)24-16(22)8-2/h11-14,17H,7-10H2,1-6H3,(H,19,23)(H,20,21)/t12-,13-,14+,17+/m1/s1. The van der Waals surface area contributed by atoms with E-state index in [0.717, 1.165) is 12.8 Å². The number of ether oxygens (including phenoxy) is 2. The number of carboxylic acids is 1. The maximum Gasteiger partial charge on any atom is 0.410 e. The molecule has 0 aromatic carbocycles. The number of nitrogens with one attached hydrogen (secondary N) is 1. The molecule has 7 heteroatoms. The van der Waals surface area contributed by atoms with Gasteiger partial charge in [-0.25, -0.2) is 4.79 Å².